The van der Waals surface area contributed by atoms with Crippen LogP contribution < -0.4 is 5.73 Å². The lowest BCUT2D eigenvalue weighted by Gasteiger charge is -2.17. The summed E-state index contributed by atoms with van der Waals surface area (Å²) in [6, 6.07) is 8.70. The molecule has 0 bridgehead atoms. The van der Waals surface area contributed by atoms with Crippen molar-refractivity contribution < 1.29 is 8.42 Å². The zero-order valence-corrected chi connectivity index (χ0v) is 12.5. The zero-order valence-electron chi connectivity index (χ0n) is 10.8. The van der Waals surface area contributed by atoms with Crippen LogP contribution in [0.25, 0.3) is 0 Å². The average molecular weight is 296 g/mol. The fourth-order valence-electron chi connectivity index (χ4n) is 1.81. The first-order valence-corrected chi connectivity index (χ1v) is 8.07. The van der Waals surface area contributed by atoms with E-state index in [1.165, 1.54) is 21.7 Å². The molecule has 0 aliphatic rings. The van der Waals surface area contributed by atoms with Gasteiger partial charge in [0.05, 0.1) is 4.90 Å². The number of aryl methyl sites for hydroxylation is 1. The molecule has 0 aliphatic carbocycles. The maximum absolute atomic E-state index is 12.4. The van der Waals surface area contributed by atoms with E-state index in [1.54, 1.807) is 19.2 Å². The Labute approximate surface area is 117 Å². The summed E-state index contributed by atoms with van der Waals surface area (Å²) in [4.78, 5) is 1.25. The standard InChI is InChI=1S/C13H16N2O2S2/c1-10-6-11(14)8-13(7-10)19(16,17)15(2)9-12-4-3-5-18-12/h3-8H,9,14H2,1-2H3. The molecule has 0 saturated carbocycles. The first-order chi connectivity index (χ1) is 8.89. The van der Waals surface area contributed by atoms with E-state index in [2.05, 4.69) is 0 Å². The van der Waals surface area contributed by atoms with Gasteiger partial charge >= 0.3 is 0 Å². The van der Waals surface area contributed by atoms with E-state index >= 15 is 0 Å². The maximum atomic E-state index is 12.4. The quantitative estimate of drug-likeness (QED) is 0.882. The second kappa shape index (κ2) is 5.32. The molecule has 1 aromatic heterocycles. The molecule has 102 valence electrons. The third-order valence-electron chi connectivity index (χ3n) is 2.74. The predicted molar refractivity (Wildman–Crippen MR) is 78.6 cm³/mol. The normalized spacial score (nSPS) is 11.9. The fraction of sp³-hybridized carbons (Fsp3) is 0.231. The average Bonchev–Trinajstić information content (AvgIpc) is 2.80. The van der Waals surface area contributed by atoms with Gasteiger partial charge in [0, 0.05) is 24.2 Å². The van der Waals surface area contributed by atoms with Crippen molar-refractivity contribution in [2.45, 2.75) is 18.4 Å². The Bertz CT molecular complexity index is 644. The van der Waals surface area contributed by atoms with Gasteiger partial charge < -0.3 is 5.73 Å². The van der Waals surface area contributed by atoms with E-state index in [4.69, 9.17) is 5.73 Å². The predicted octanol–water partition coefficient (Wildman–Crippen LogP) is 2.46. The Balaban J connectivity index is 2.31. The number of nitrogens with two attached hydrogens (primary N) is 1. The summed E-state index contributed by atoms with van der Waals surface area (Å²) in [6.45, 7) is 2.20. The van der Waals surface area contributed by atoms with Crippen LogP contribution in [0.1, 0.15) is 10.4 Å². The molecule has 0 radical (unpaired) electrons. The van der Waals surface area contributed by atoms with Crippen LogP contribution in [0.5, 0.6) is 0 Å². The Kier molecular flexibility index (Phi) is 3.93. The van der Waals surface area contributed by atoms with Crippen LogP contribution in [0.2, 0.25) is 0 Å². The topological polar surface area (TPSA) is 63.4 Å². The molecule has 0 aliphatic heterocycles. The van der Waals surface area contributed by atoms with Crippen LogP contribution >= 0.6 is 11.3 Å². The molecule has 0 amide bonds. The van der Waals surface area contributed by atoms with Crippen LogP contribution in [0.3, 0.4) is 0 Å². The fourth-order valence-corrected chi connectivity index (χ4v) is 3.94. The third kappa shape index (κ3) is 3.15. The van der Waals surface area contributed by atoms with Gasteiger partial charge in [-0.2, -0.15) is 4.31 Å². The van der Waals surface area contributed by atoms with Crippen LogP contribution in [-0.4, -0.2) is 19.8 Å². The minimum absolute atomic E-state index is 0.240. The summed E-state index contributed by atoms with van der Waals surface area (Å²) >= 11 is 1.54. The van der Waals surface area contributed by atoms with Gasteiger partial charge in [-0.15, -0.1) is 11.3 Å². The minimum atomic E-state index is -3.50. The third-order valence-corrected chi connectivity index (χ3v) is 5.38. The molecule has 1 aromatic carbocycles. The lowest BCUT2D eigenvalue weighted by atomic mass is 10.2. The van der Waals surface area contributed by atoms with E-state index in [-0.39, 0.29) is 4.90 Å². The number of anilines is 1. The van der Waals surface area contributed by atoms with Gasteiger partial charge in [0.15, 0.2) is 0 Å². The van der Waals surface area contributed by atoms with E-state index in [0.717, 1.165) is 10.4 Å². The molecule has 19 heavy (non-hydrogen) atoms. The van der Waals surface area contributed by atoms with Crippen LogP contribution in [-0.2, 0) is 16.6 Å². The first kappa shape index (κ1) is 14.0. The largest absolute Gasteiger partial charge is 0.399 e. The molecular weight excluding hydrogens is 280 g/mol. The second-order valence-electron chi connectivity index (χ2n) is 4.42. The molecule has 1 heterocycles. The van der Waals surface area contributed by atoms with Crippen molar-refractivity contribution in [3.05, 3.63) is 46.2 Å². The first-order valence-electron chi connectivity index (χ1n) is 5.75. The van der Waals surface area contributed by atoms with Gasteiger partial charge in [-0.1, -0.05) is 6.07 Å². The summed E-state index contributed by atoms with van der Waals surface area (Å²) in [5.74, 6) is 0. The molecule has 0 saturated heterocycles. The van der Waals surface area contributed by atoms with E-state index in [1.807, 2.05) is 24.4 Å². The molecule has 2 rings (SSSR count). The Morgan fingerprint density at radius 1 is 1.32 bits per heavy atom. The Morgan fingerprint density at radius 3 is 2.63 bits per heavy atom. The smallest absolute Gasteiger partial charge is 0.243 e. The summed E-state index contributed by atoms with van der Waals surface area (Å²) in [5, 5.41) is 1.93. The van der Waals surface area contributed by atoms with Crippen molar-refractivity contribution >= 4 is 27.0 Å². The maximum Gasteiger partial charge on any atom is 0.243 e. The molecule has 0 atom stereocenters. The summed E-state index contributed by atoms with van der Waals surface area (Å²) in [7, 11) is -1.92. The highest BCUT2D eigenvalue weighted by Gasteiger charge is 2.21. The van der Waals surface area contributed by atoms with Crippen molar-refractivity contribution in [2.24, 2.45) is 0 Å². The van der Waals surface area contributed by atoms with Crippen molar-refractivity contribution in [1.29, 1.82) is 0 Å². The summed E-state index contributed by atoms with van der Waals surface area (Å²) in [5.41, 5.74) is 7.01. The number of nitrogens with zero attached hydrogens (tertiary/aromatic N) is 1. The van der Waals surface area contributed by atoms with E-state index in [9.17, 15) is 8.42 Å². The molecule has 4 nitrogen and oxygen atoms in total. The van der Waals surface area contributed by atoms with E-state index < -0.39 is 10.0 Å². The number of hydrogen-bond acceptors (Lipinski definition) is 4. The molecule has 2 aromatic rings. The van der Waals surface area contributed by atoms with Gasteiger partial charge in [-0.3, -0.25) is 0 Å². The minimum Gasteiger partial charge on any atom is -0.399 e. The number of benzene rings is 1. The zero-order chi connectivity index (χ0) is 14.0. The molecule has 2 N–H and O–H groups in total. The number of nitrogen functional groups attached to an aromatic ring is 1. The molecular formula is C13H16N2O2S2. The second-order valence-corrected chi connectivity index (χ2v) is 7.50. The number of rotatable bonds is 4. The molecule has 6 heteroatoms. The monoisotopic (exact) mass is 296 g/mol. The molecule has 0 spiro atoms. The SMILES string of the molecule is Cc1cc(N)cc(S(=O)(=O)N(C)Cc2cccs2)c1. The van der Waals surface area contributed by atoms with Crippen LogP contribution in [0.15, 0.2) is 40.6 Å². The highest BCUT2D eigenvalue weighted by Crippen LogP contribution is 2.22. The highest BCUT2D eigenvalue weighted by molar-refractivity contribution is 7.89. The summed E-state index contributed by atoms with van der Waals surface area (Å²) in [6.07, 6.45) is 0. The Morgan fingerprint density at radius 2 is 2.05 bits per heavy atom. The number of sulfonamides is 1. The molecule has 0 fully saturated rings. The van der Waals surface area contributed by atoms with Gasteiger partial charge in [-0.25, -0.2) is 8.42 Å². The van der Waals surface area contributed by atoms with Gasteiger partial charge in [0.1, 0.15) is 0 Å². The van der Waals surface area contributed by atoms with Gasteiger partial charge in [0.25, 0.3) is 0 Å². The highest BCUT2D eigenvalue weighted by atomic mass is 32.2. The summed E-state index contributed by atoms with van der Waals surface area (Å²) < 4.78 is 26.2. The lowest BCUT2D eigenvalue weighted by Crippen LogP contribution is -2.26. The van der Waals surface area contributed by atoms with Crippen molar-refractivity contribution in [2.75, 3.05) is 12.8 Å². The van der Waals surface area contributed by atoms with Crippen molar-refractivity contribution in [1.82, 2.24) is 4.31 Å². The number of thiophene rings is 1. The van der Waals surface area contributed by atoms with Gasteiger partial charge in [0.2, 0.25) is 10.0 Å². The van der Waals surface area contributed by atoms with Gasteiger partial charge in [-0.05, 0) is 42.1 Å². The number of hydrogen-bond donors (Lipinski definition) is 1. The van der Waals surface area contributed by atoms with Crippen molar-refractivity contribution in [3.63, 3.8) is 0 Å². The van der Waals surface area contributed by atoms with E-state index in [0.29, 0.717) is 12.2 Å². The van der Waals surface area contributed by atoms with Crippen LogP contribution in [0, 0.1) is 6.92 Å². The van der Waals surface area contributed by atoms with Crippen molar-refractivity contribution in [3.8, 4) is 0 Å². The van der Waals surface area contributed by atoms with Crippen LogP contribution in [0.4, 0.5) is 5.69 Å². The molecule has 0 unspecified atom stereocenters. The Hall–Kier alpha value is -1.37. The lowest BCUT2D eigenvalue weighted by molar-refractivity contribution is 0.469.